The second-order valence-electron chi connectivity index (χ2n) is 1.80. The van der Waals surface area contributed by atoms with Crippen LogP contribution in [0.25, 0.3) is 0 Å². The zero-order valence-corrected chi connectivity index (χ0v) is 4.23. The second kappa shape index (κ2) is 1.70. The van der Waals surface area contributed by atoms with Crippen LogP contribution in [0.1, 0.15) is 0 Å². The fourth-order valence-corrected chi connectivity index (χ4v) is 0.604. The zero-order chi connectivity index (χ0) is 6.15. The molecule has 1 heterocycles. The lowest BCUT2D eigenvalue weighted by atomic mass is 10.1. The molecule has 4 heteroatoms. The maximum absolute atomic E-state index is 12.1. The summed E-state index contributed by atoms with van der Waals surface area (Å²) < 4.78 is 12.1. The molecule has 1 aliphatic heterocycles. The number of halogens is 1. The molecule has 46 valence electrons. The van der Waals surface area contributed by atoms with Crippen molar-refractivity contribution < 1.29 is 9.18 Å². The maximum Gasteiger partial charge on any atom is 0.237 e. The zero-order valence-electron chi connectivity index (χ0n) is 4.23. The molecule has 1 saturated heterocycles. The monoisotopic (exact) mass is 118 g/mol. The van der Waals surface area contributed by atoms with Crippen LogP contribution in [0.15, 0.2) is 0 Å². The van der Waals surface area contributed by atoms with Crippen LogP contribution in [0.4, 0.5) is 4.39 Å². The van der Waals surface area contributed by atoms with E-state index in [9.17, 15) is 9.18 Å². The maximum atomic E-state index is 12.1. The molecule has 3 N–H and O–H groups in total. The summed E-state index contributed by atoms with van der Waals surface area (Å²) in [6.07, 6.45) is -1.06. The molecule has 0 aliphatic carbocycles. The summed E-state index contributed by atoms with van der Waals surface area (Å²) in [5.74, 6) is -0.608. The summed E-state index contributed by atoms with van der Waals surface area (Å²) in [5.41, 5.74) is 4.75. The highest BCUT2D eigenvalue weighted by Crippen LogP contribution is 2.06. The van der Waals surface area contributed by atoms with E-state index in [0.717, 1.165) is 0 Å². The minimum atomic E-state index is -1.06. The number of primary amides is 1. The fourth-order valence-electron chi connectivity index (χ4n) is 0.604. The van der Waals surface area contributed by atoms with Gasteiger partial charge in [0.05, 0.1) is 0 Å². The van der Waals surface area contributed by atoms with Crippen LogP contribution in [-0.4, -0.2) is 24.7 Å². The molecular weight excluding hydrogens is 111 g/mol. The van der Waals surface area contributed by atoms with E-state index in [1.807, 2.05) is 0 Å². The minimum absolute atomic E-state index is 0.258. The fraction of sp³-hybridized carbons (Fsp3) is 0.750. The highest BCUT2D eigenvalue weighted by Gasteiger charge is 2.34. The van der Waals surface area contributed by atoms with Crippen LogP contribution in [-0.2, 0) is 4.79 Å². The topological polar surface area (TPSA) is 55.1 Å². The summed E-state index contributed by atoms with van der Waals surface area (Å²) in [6, 6.07) is -0.727. The summed E-state index contributed by atoms with van der Waals surface area (Å²) in [6.45, 7) is 0.258. The molecule has 2 unspecified atom stereocenters. The molecule has 1 fully saturated rings. The van der Waals surface area contributed by atoms with Crippen molar-refractivity contribution in [2.24, 2.45) is 5.73 Å². The standard InChI is InChI=1S/C4H7FN2O/c5-2-1-7-3(2)4(6)8/h2-3,7H,1H2,(H2,6,8). The van der Waals surface area contributed by atoms with Gasteiger partial charge in [0.25, 0.3) is 0 Å². The van der Waals surface area contributed by atoms with Crippen LogP contribution in [0.5, 0.6) is 0 Å². The molecule has 0 aromatic carbocycles. The number of amides is 1. The van der Waals surface area contributed by atoms with Crippen molar-refractivity contribution in [2.45, 2.75) is 12.2 Å². The van der Waals surface area contributed by atoms with Crippen LogP contribution in [0, 0.1) is 0 Å². The van der Waals surface area contributed by atoms with Gasteiger partial charge in [0.2, 0.25) is 5.91 Å². The van der Waals surface area contributed by atoms with Gasteiger partial charge in [0.15, 0.2) is 0 Å². The van der Waals surface area contributed by atoms with Crippen molar-refractivity contribution in [3.8, 4) is 0 Å². The van der Waals surface area contributed by atoms with E-state index in [4.69, 9.17) is 5.73 Å². The minimum Gasteiger partial charge on any atom is -0.368 e. The first-order chi connectivity index (χ1) is 3.72. The van der Waals surface area contributed by atoms with Crippen molar-refractivity contribution in [1.82, 2.24) is 5.32 Å². The van der Waals surface area contributed by atoms with Gasteiger partial charge in [0, 0.05) is 6.54 Å². The van der Waals surface area contributed by atoms with Gasteiger partial charge in [-0.05, 0) is 0 Å². The molecule has 3 nitrogen and oxygen atoms in total. The Bertz CT molecular complexity index is 117. The van der Waals surface area contributed by atoms with Gasteiger partial charge in [-0.15, -0.1) is 0 Å². The molecule has 1 amide bonds. The van der Waals surface area contributed by atoms with Crippen LogP contribution in [0.2, 0.25) is 0 Å². The molecule has 2 atom stereocenters. The number of nitrogens with two attached hydrogens (primary N) is 1. The highest BCUT2D eigenvalue weighted by molar-refractivity contribution is 5.81. The van der Waals surface area contributed by atoms with Gasteiger partial charge in [-0.2, -0.15) is 0 Å². The number of hydrogen-bond donors (Lipinski definition) is 2. The lowest BCUT2D eigenvalue weighted by Gasteiger charge is -2.28. The van der Waals surface area contributed by atoms with E-state index in [-0.39, 0.29) is 6.54 Å². The molecule has 0 radical (unpaired) electrons. The Kier molecular flexibility index (Phi) is 1.17. The molecule has 0 aromatic rings. The summed E-state index contributed by atoms with van der Waals surface area (Å²) in [7, 11) is 0. The number of carbonyl (C=O) groups excluding carboxylic acids is 1. The molecule has 0 bridgehead atoms. The Morgan fingerprint density at radius 1 is 1.88 bits per heavy atom. The smallest absolute Gasteiger partial charge is 0.237 e. The van der Waals surface area contributed by atoms with E-state index < -0.39 is 18.1 Å². The summed E-state index contributed by atoms with van der Waals surface area (Å²) in [4.78, 5) is 10.1. The molecule has 1 rings (SSSR count). The van der Waals surface area contributed by atoms with Crippen molar-refractivity contribution in [2.75, 3.05) is 6.54 Å². The Labute approximate surface area is 46.0 Å². The Morgan fingerprint density at radius 2 is 2.50 bits per heavy atom. The molecule has 0 aromatic heterocycles. The van der Waals surface area contributed by atoms with Crippen molar-refractivity contribution in [3.63, 3.8) is 0 Å². The number of nitrogens with one attached hydrogen (secondary N) is 1. The van der Waals surface area contributed by atoms with Crippen molar-refractivity contribution >= 4 is 5.91 Å². The quantitative estimate of drug-likeness (QED) is 0.453. The van der Waals surface area contributed by atoms with Gasteiger partial charge in [-0.25, -0.2) is 4.39 Å². The van der Waals surface area contributed by atoms with E-state index in [1.54, 1.807) is 0 Å². The number of carbonyl (C=O) groups is 1. The van der Waals surface area contributed by atoms with Gasteiger partial charge in [-0.3, -0.25) is 4.79 Å². The Hall–Kier alpha value is -0.640. The average Bonchev–Trinajstić information content (AvgIpc) is 1.61. The Morgan fingerprint density at radius 3 is 2.50 bits per heavy atom. The third-order valence-electron chi connectivity index (χ3n) is 1.20. The number of rotatable bonds is 1. The average molecular weight is 118 g/mol. The SMILES string of the molecule is NC(=O)C1NCC1F. The van der Waals surface area contributed by atoms with E-state index >= 15 is 0 Å². The van der Waals surface area contributed by atoms with Crippen molar-refractivity contribution in [1.29, 1.82) is 0 Å². The third-order valence-corrected chi connectivity index (χ3v) is 1.20. The normalized spacial score (nSPS) is 36.1. The predicted molar refractivity (Wildman–Crippen MR) is 25.9 cm³/mol. The van der Waals surface area contributed by atoms with Gasteiger partial charge in [0.1, 0.15) is 12.2 Å². The third kappa shape index (κ3) is 0.667. The first-order valence-corrected chi connectivity index (χ1v) is 2.38. The van der Waals surface area contributed by atoms with Gasteiger partial charge < -0.3 is 11.1 Å². The molecule has 0 spiro atoms. The number of hydrogen-bond acceptors (Lipinski definition) is 2. The molecule has 1 aliphatic rings. The van der Waals surface area contributed by atoms with Gasteiger partial charge in [-0.1, -0.05) is 0 Å². The number of alkyl halides is 1. The Balaban J connectivity index is 2.37. The van der Waals surface area contributed by atoms with E-state index in [0.29, 0.717) is 0 Å². The van der Waals surface area contributed by atoms with Crippen molar-refractivity contribution in [3.05, 3.63) is 0 Å². The molecule has 8 heavy (non-hydrogen) atoms. The molecular formula is C4H7FN2O. The summed E-state index contributed by atoms with van der Waals surface area (Å²) >= 11 is 0. The molecule has 0 saturated carbocycles. The van der Waals surface area contributed by atoms with E-state index in [2.05, 4.69) is 5.32 Å². The lowest BCUT2D eigenvalue weighted by molar-refractivity contribution is -0.123. The predicted octanol–water partition coefficient (Wildman–Crippen LogP) is -1.22. The van der Waals surface area contributed by atoms with Crippen LogP contribution >= 0.6 is 0 Å². The first-order valence-electron chi connectivity index (χ1n) is 2.38. The van der Waals surface area contributed by atoms with Gasteiger partial charge >= 0.3 is 0 Å². The van der Waals surface area contributed by atoms with Crippen LogP contribution < -0.4 is 11.1 Å². The van der Waals surface area contributed by atoms with E-state index in [1.165, 1.54) is 0 Å². The lowest BCUT2D eigenvalue weighted by Crippen LogP contribution is -2.61. The highest BCUT2D eigenvalue weighted by atomic mass is 19.1. The second-order valence-corrected chi connectivity index (χ2v) is 1.80. The summed E-state index contributed by atoms with van der Waals surface area (Å²) in [5, 5.41) is 2.55. The van der Waals surface area contributed by atoms with Crippen LogP contribution in [0.3, 0.4) is 0 Å². The first kappa shape index (κ1) is 5.50. The largest absolute Gasteiger partial charge is 0.368 e.